The van der Waals surface area contributed by atoms with Gasteiger partial charge in [0.1, 0.15) is 0 Å². The molecule has 28 heavy (non-hydrogen) atoms. The van der Waals surface area contributed by atoms with E-state index in [4.69, 9.17) is 9.47 Å². The van der Waals surface area contributed by atoms with E-state index in [9.17, 15) is 0 Å². The second kappa shape index (κ2) is 13.7. The zero-order valence-electron chi connectivity index (χ0n) is 16.8. The van der Waals surface area contributed by atoms with Gasteiger partial charge in [-0.2, -0.15) is 0 Å². The number of hydrogen-bond donors (Lipinski definition) is 1. The maximum atomic E-state index is 5.77. The van der Waals surface area contributed by atoms with Crippen molar-refractivity contribution in [2.75, 3.05) is 58.9 Å². The molecule has 2 aliphatic heterocycles. The van der Waals surface area contributed by atoms with Crippen molar-refractivity contribution < 1.29 is 9.47 Å². The lowest BCUT2D eigenvalue weighted by atomic mass is 10.1. The van der Waals surface area contributed by atoms with Crippen molar-refractivity contribution in [3.63, 3.8) is 0 Å². The van der Waals surface area contributed by atoms with Crippen LogP contribution < -0.4 is 5.32 Å². The van der Waals surface area contributed by atoms with E-state index < -0.39 is 0 Å². The summed E-state index contributed by atoms with van der Waals surface area (Å²) in [5.74, 6) is 3.54. The summed E-state index contributed by atoms with van der Waals surface area (Å²) in [6, 6.07) is 10.7. The highest BCUT2D eigenvalue weighted by Gasteiger charge is 2.24. The Balaban J connectivity index is 0.00000280. The minimum Gasteiger partial charge on any atom is -0.381 e. The van der Waals surface area contributed by atoms with Crippen molar-refractivity contribution in [3.05, 3.63) is 30.3 Å². The summed E-state index contributed by atoms with van der Waals surface area (Å²) in [7, 11) is 1.88. The molecule has 5 nitrogen and oxygen atoms in total. The number of rotatable bonds is 9. The molecule has 0 saturated carbocycles. The van der Waals surface area contributed by atoms with Crippen LogP contribution in [0.15, 0.2) is 40.2 Å². The highest BCUT2D eigenvalue weighted by Crippen LogP contribution is 2.25. The minimum absolute atomic E-state index is 0. The van der Waals surface area contributed by atoms with Crippen LogP contribution in [0, 0.1) is 11.8 Å². The number of aliphatic imine (C=N–C) groups is 1. The van der Waals surface area contributed by atoms with Gasteiger partial charge in [0.2, 0.25) is 0 Å². The third-order valence-electron chi connectivity index (χ3n) is 5.15. The lowest BCUT2D eigenvalue weighted by molar-refractivity contribution is 0.0887. The molecule has 2 unspecified atom stereocenters. The van der Waals surface area contributed by atoms with Gasteiger partial charge in [-0.25, -0.2) is 0 Å². The Labute approximate surface area is 191 Å². The van der Waals surface area contributed by atoms with Crippen LogP contribution in [0.1, 0.15) is 19.3 Å². The molecule has 1 aromatic rings. The van der Waals surface area contributed by atoms with Crippen LogP contribution in [0.4, 0.5) is 0 Å². The number of ether oxygens (including phenoxy) is 2. The first-order valence-electron chi connectivity index (χ1n) is 10.1. The summed E-state index contributed by atoms with van der Waals surface area (Å²) in [6.45, 7) is 6.50. The molecule has 2 heterocycles. The van der Waals surface area contributed by atoms with E-state index in [1.807, 2.05) is 18.8 Å². The molecule has 2 fully saturated rings. The number of hydrogen-bond acceptors (Lipinski definition) is 4. The molecule has 0 aliphatic carbocycles. The highest BCUT2D eigenvalue weighted by molar-refractivity contribution is 14.0. The van der Waals surface area contributed by atoms with Gasteiger partial charge in [0.15, 0.2) is 5.96 Å². The van der Waals surface area contributed by atoms with Gasteiger partial charge < -0.3 is 19.7 Å². The molecule has 2 saturated heterocycles. The van der Waals surface area contributed by atoms with E-state index in [2.05, 4.69) is 45.5 Å². The Morgan fingerprint density at radius 1 is 1.29 bits per heavy atom. The highest BCUT2D eigenvalue weighted by atomic mass is 127. The first-order chi connectivity index (χ1) is 13.3. The lowest BCUT2D eigenvalue weighted by Gasteiger charge is -2.21. The summed E-state index contributed by atoms with van der Waals surface area (Å²) >= 11 is 1.96. The van der Waals surface area contributed by atoms with E-state index in [0.29, 0.717) is 5.92 Å². The fourth-order valence-corrected chi connectivity index (χ4v) is 4.61. The number of nitrogens with zero attached hydrogens (tertiary/aromatic N) is 2. The van der Waals surface area contributed by atoms with Gasteiger partial charge in [-0.15, -0.1) is 35.7 Å². The number of benzene rings is 1. The first-order valence-corrected chi connectivity index (χ1v) is 11.1. The molecule has 158 valence electrons. The van der Waals surface area contributed by atoms with Crippen LogP contribution >= 0.6 is 35.7 Å². The van der Waals surface area contributed by atoms with Crippen molar-refractivity contribution in [2.24, 2.45) is 16.8 Å². The Hall–Kier alpha value is -0.510. The van der Waals surface area contributed by atoms with Crippen LogP contribution in [0.2, 0.25) is 0 Å². The van der Waals surface area contributed by atoms with Crippen LogP contribution in [0.3, 0.4) is 0 Å². The largest absolute Gasteiger partial charge is 0.381 e. The fraction of sp³-hybridized carbons (Fsp3) is 0.667. The van der Waals surface area contributed by atoms with E-state index in [1.165, 1.54) is 17.1 Å². The summed E-state index contributed by atoms with van der Waals surface area (Å²) in [4.78, 5) is 8.23. The second-order valence-corrected chi connectivity index (χ2v) is 8.45. The van der Waals surface area contributed by atoms with Crippen LogP contribution in [0.25, 0.3) is 0 Å². The average molecular weight is 519 g/mol. The van der Waals surface area contributed by atoms with E-state index >= 15 is 0 Å². The topological polar surface area (TPSA) is 46.1 Å². The quantitative estimate of drug-likeness (QED) is 0.177. The van der Waals surface area contributed by atoms with Crippen LogP contribution in [0.5, 0.6) is 0 Å². The van der Waals surface area contributed by atoms with Crippen molar-refractivity contribution in [3.8, 4) is 0 Å². The Kier molecular flexibility index (Phi) is 11.6. The second-order valence-electron chi connectivity index (χ2n) is 7.36. The third-order valence-corrected chi connectivity index (χ3v) is 6.40. The van der Waals surface area contributed by atoms with Crippen molar-refractivity contribution in [1.82, 2.24) is 10.2 Å². The number of nitrogens with one attached hydrogen (secondary N) is 1. The molecule has 0 amide bonds. The molecule has 0 spiro atoms. The summed E-state index contributed by atoms with van der Waals surface area (Å²) in [5.41, 5.74) is 0. The lowest BCUT2D eigenvalue weighted by Crippen LogP contribution is -2.40. The van der Waals surface area contributed by atoms with Crippen molar-refractivity contribution >= 4 is 41.7 Å². The standard InChI is InChI=1S/C21H33N3O2S.HI/c1-22-21(23-10-5-12-25-15-19-9-13-26-16-19)24-11-8-18(14-24)17-27-20-6-3-2-4-7-20;/h2-4,6-7,18-19H,5,8-17H2,1H3,(H,22,23);1H. The predicted molar refractivity (Wildman–Crippen MR) is 128 cm³/mol. The van der Waals surface area contributed by atoms with Crippen LogP contribution in [-0.2, 0) is 9.47 Å². The van der Waals surface area contributed by atoms with Gasteiger partial charge in [-0.3, -0.25) is 4.99 Å². The van der Waals surface area contributed by atoms with Crippen molar-refractivity contribution in [2.45, 2.75) is 24.2 Å². The van der Waals surface area contributed by atoms with Gasteiger partial charge >= 0.3 is 0 Å². The van der Waals surface area contributed by atoms with Gasteiger partial charge in [0.25, 0.3) is 0 Å². The molecule has 0 bridgehead atoms. The summed E-state index contributed by atoms with van der Waals surface area (Å²) in [6.07, 6.45) is 3.39. The molecular formula is C21H34IN3O2S. The Morgan fingerprint density at radius 3 is 2.89 bits per heavy atom. The molecular weight excluding hydrogens is 485 g/mol. The van der Waals surface area contributed by atoms with Crippen LogP contribution in [-0.4, -0.2) is 69.7 Å². The maximum Gasteiger partial charge on any atom is 0.193 e. The molecule has 0 aromatic heterocycles. The number of halogens is 1. The molecule has 0 radical (unpaired) electrons. The molecule has 1 N–H and O–H groups in total. The van der Waals surface area contributed by atoms with E-state index in [1.54, 1.807) is 0 Å². The average Bonchev–Trinajstić information content (AvgIpc) is 3.39. The van der Waals surface area contributed by atoms with Gasteiger partial charge in [-0.05, 0) is 37.3 Å². The Morgan fingerprint density at radius 2 is 2.14 bits per heavy atom. The minimum atomic E-state index is 0. The van der Waals surface area contributed by atoms with E-state index in [-0.39, 0.29) is 24.0 Å². The molecule has 2 atom stereocenters. The number of guanidine groups is 1. The molecule has 1 aromatic carbocycles. The summed E-state index contributed by atoms with van der Waals surface area (Å²) in [5, 5.41) is 3.50. The monoisotopic (exact) mass is 519 g/mol. The smallest absolute Gasteiger partial charge is 0.193 e. The zero-order chi connectivity index (χ0) is 18.7. The molecule has 3 rings (SSSR count). The predicted octanol–water partition coefficient (Wildman–Crippen LogP) is 3.74. The summed E-state index contributed by atoms with van der Waals surface area (Å²) < 4.78 is 11.1. The maximum absolute atomic E-state index is 5.77. The van der Waals surface area contributed by atoms with Gasteiger partial charge in [0.05, 0.1) is 13.2 Å². The third kappa shape index (κ3) is 8.08. The normalized spacial score (nSPS) is 22.3. The number of likely N-dealkylation sites (tertiary alicyclic amines) is 1. The SMILES string of the molecule is CN=C(NCCCOCC1CCOC1)N1CCC(CSc2ccccc2)C1.I. The number of thioether (sulfide) groups is 1. The molecule has 2 aliphatic rings. The molecule has 7 heteroatoms. The van der Waals surface area contributed by atoms with Crippen molar-refractivity contribution in [1.29, 1.82) is 0 Å². The first kappa shape index (κ1) is 23.8. The van der Waals surface area contributed by atoms with E-state index in [0.717, 1.165) is 70.8 Å². The Bertz CT molecular complexity index is 570. The van der Waals surface area contributed by atoms with Gasteiger partial charge in [0, 0.05) is 56.5 Å². The fourth-order valence-electron chi connectivity index (χ4n) is 3.56. The zero-order valence-corrected chi connectivity index (χ0v) is 20.0. The van der Waals surface area contributed by atoms with Gasteiger partial charge in [-0.1, -0.05) is 18.2 Å².